The molecule has 1 heterocycles. The molecule has 1 N–H and O–H groups in total. The molecule has 0 bridgehead atoms. The summed E-state index contributed by atoms with van der Waals surface area (Å²) < 4.78 is 13.7. The first kappa shape index (κ1) is 19.2. The van der Waals surface area contributed by atoms with Gasteiger partial charge in [-0.15, -0.1) is 11.8 Å². The quantitative estimate of drug-likeness (QED) is 0.537. The third kappa shape index (κ3) is 4.01. The number of carbonyl (C=O) groups is 1. The molecule has 0 saturated carbocycles. The third-order valence-electron chi connectivity index (χ3n) is 4.98. The van der Waals surface area contributed by atoms with Gasteiger partial charge in [-0.1, -0.05) is 23.7 Å². The average Bonchev–Trinajstić information content (AvgIpc) is 2.68. The highest BCUT2D eigenvalue weighted by Gasteiger charge is 2.19. The number of aromatic nitrogens is 1. The van der Waals surface area contributed by atoms with E-state index >= 15 is 0 Å². The molecule has 3 aromatic rings. The number of carbonyl (C=O) groups excluding carboxylic acids is 1. The molecule has 0 fully saturated rings. The standard InChI is InChI=1S/C22H20ClFN2OS/c1-13-6-8-15(11-18(13)24)25-21(27)12-28-22-16-4-2-3-5-19(16)26-20-10-14(23)7-9-17(20)22/h6-11H,2-5,12H2,1H3,(H,25,27). The molecule has 144 valence electrons. The molecule has 2 aromatic carbocycles. The lowest BCUT2D eigenvalue weighted by molar-refractivity contribution is -0.113. The summed E-state index contributed by atoms with van der Waals surface area (Å²) in [6, 6.07) is 10.4. The van der Waals surface area contributed by atoms with Crippen molar-refractivity contribution in [3.8, 4) is 0 Å². The Hall–Kier alpha value is -2.11. The van der Waals surface area contributed by atoms with Gasteiger partial charge in [0.25, 0.3) is 0 Å². The van der Waals surface area contributed by atoms with E-state index in [-0.39, 0.29) is 17.5 Å². The van der Waals surface area contributed by atoms with Crippen LogP contribution in [0.3, 0.4) is 0 Å². The maximum atomic E-state index is 13.7. The SMILES string of the molecule is Cc1ccc(NC(=O)CSc2c3c(nc4cc(Cl)ccc24)CCCC3)cc1F. The average molecular weight is 415 g/mol. The van der Waals surface area contributed by atoms with Gasteiger partial charge in [0.05, 0.1) is 11.3 Å². The minimum atomic E-state index is -0.323. The topological polar surface area (TPSA) is 42.0 Å². The third-order valence-corrected chi connectivity index (χ3v) is 6.37. The Labute approximate surface area is 172 Å². The Morgan fingerprint density at radius 2 is 2.04 bits per heavy atom. The molecule has 4 rings (SSSR count). The number of pyridine rings is 1. The van der Waals surface area contributed by atoms with Crippen LogP contribution in [0.15, 0.2) is 41.3 Å². The lowest BCUT2D eigenvalue weighted by Crippen LogP contribution is -2.15. The van der Waals surface area contributed by atoms with Gasteiger partial charge in [0, 0.05) is 26.7 Å². The number of fused-ring (bicyclic) bond motifs is 2. The van der Waals surface area contributed by atoms with Crippen LogP contribution in [0, 0.1) is 12.7 Å². The molecular weight excluding hydrogens is 395 g/mol. The van der Waals surface area contributed by atoms with E-state index in [0.29, 0.717) is 16.3 Å². The van der Waals surface area contributed by atoms with E-state index in [4.69, 9.17) is 16.6 Å². The fourth-order valence-electron chi connectivity index (χ4n) is 3.52. The summed E-state index contributed by atoms with van der Waals surface area (Å²) in [6.07, 6.45) is 4.21. The highest BCUT2D eigenvalue weighted by molar-refractivity contribution is 8.00. The summed E-state index contributed by atoms with van der Waals surface area (Å²) in [6.45, 7) is 1.70. The zero-order valence-electron chi connectivity index (χ0n) is 15.5. The number of benzene rings is 2. The van der Waals surface area contributed by atoms with E-state index in [1.165, 1.54) is 23.4 Å². The fourth-order valence-corrected chi connectivity index (χ4v) is 4.76. The maximum Gasteiger partial charge on any atom is 0.234 e. The van der Waals surface area contributed by atoms with Crippen LogP contribution in [0.1, 0.15) is 29.7 Å². The number of nitrogens with zero attached hydrogens (tertiary/aromatic N) is 1. The summed E-state index contributed by atoms with van der Waals surface area (Å²) in [5.41, 5.74) is 4.27. The number of rotatable bonds is 4. The van der Waals surface area contributed by atoms with Crippen LogP contribution in [-0.4, -0.2) is 16.6 Å². The van der Waals surface area contributed by atoms with Crippen LogP contribution in [0.4, 0.5) is 10.1 Å². The van der Waals surface area contributed by atoms with Crippen LogP contribution >= 0.6 is 23.4 Å². The molecule has 1 amide bonds. The highest BCUT2D eigenvalue weighted by atomic mass is 35.5. The fraction of sp³-hybridized carbons (Fsp3) is 0.273. The van der Waals surface area contributed by atoms with Gasteiger partial charge in [-0.3, -0.25) is 9.78 Å². The Morgan fingerprint density at radius 3 is 2.86 bits per heavy atom. The normalized spacial score (nSPS) is 13.4. The summed E-state index contributed by atoms with van der Waals surface area (Å²) >= 11 is 7.67. The van der Waals surface area contributed by atoms with E-state index in [1.807, 2.05) is 18.2 Å². The number of amides is 1. The van der Waals surface area contributed by atoms with Gasteiger partial charge in [-0.25, -0.2) is 4.39 Å². The van der Waals surface area contributed by atoms with Crippen molar-refractivity contribution >= 4 is 45.9 Å². The van der Waals surface area contributed by atoms with E-state index in [2.05, 4.69) is 5.32 Å². The molecule has 6 heteroatoms. The van der Waals surface area contributed by atoms with Gasteiger partial charge in [-0.2, -0.15) is 0 Å². The van der Waals surface area contributed by atoms with Gasteiger partial charge < -0.3 is 5.32 Å². The maximum absolute atomic E-state index is 13.7. The molecule has 1 aliphatic carbocycles. The van der Waals surface area contributed by atoms with Crippen LogP contribution < -0.4 is 5.32 Å². The Kier molecular flexibility index (Phi) is 5.56. The van der Waals surface area contributed by atoms with Crippen LogP contribution in [-0.2, 0) is 17.6 Å². The molecule has 3 nitrogen and oxygen atoms in total. The van der Waals surface area contributed by atoms with Crippen molar-refractivity contribution in [2.24, 2.45) is 0 Å². The van der Waals surface area contributed by atoms with Gasteiger partial charge >= 0.3 is 0 Å². The zero-order valence-corrected chi connectivity index (χ0v) is 17.1. The first-order valence-corrected chi connectivity index (χ1v) is 10.7. The smallest absolute Gasteiger partial charge is 0.234 e. The second-order valence-corrected chi connectivity index (χ2v) is 8.46. The van der Waals surface area contributed by atoms with Crippen molar-refractivity contribution in [2.75, 3.05) is 11.1 Å². The Balaban J connectivity index is 1.58. The molecule has 0 radical (unpaired) electrons. The van der Waals surface area contributed by atoms with Crippen LogP contribution in [0.2, 0.25) is 5.02 Å². The number of hydrogen-bond acceptors (Lipinski definition) is 3. The van der Waals surface area contributed by atoms with Crippen molar-refractivity contribution in [1.82, 2.24) is 4.98 Å². The predicted octanol–water partition coefficient (Wildman–Crippen LogP) is 5.95. The first-order chi connectivity index (χ1) is 13.5. The molecule has 1 aromatic heterocycles. The second-order valence-electron chi connectivity index (χ2n) is 7.04. The molecule has 28 heavy (non-hydrogen) atoms. The van der Waals surface area contributed by atoms with E-state index in [0.717, 1.165) is 47.2 Å². The summed E-state index contributed by atoms with van der Waals surface area (Å²) in [7, 11) is 0. The molecule has 0 spiro atoms. The number of anilines is 1. The lowest BCUT2D eigenvalue weighted by atomic mass is 9.94. The highest BCUT2D eigenvalue weighted by Crippen LogP contribution is 2.36. The van der Waals surface area contributed by atoms with Crippen LogP contribution in [0.5, 0.6) is 0 Å². The molecule has 0 atom stereocenters. The Morgan fingerprint density at radius 1 is 1.21 bits per heavy atom. The summed E-state index contributed by atoms with van der Waals surface area (Å²) in [5.74, 6) is -0.225. The van der Waals surface area contributed by atoms with Gasteiger partial charge in [0.2, 0.25) is 5.91 Å². The zero-order chi connectivity index (χ0) is 19.7. The van der Waals surface area contributed by atoms with Gasteiger partial charge in [0.1, 0.15) is 5.82 Å². The van der Waals surface area contributed by atoms with E-state index < -0.39 is 0 Å². The van der Waals surface area contributed by atoms with Gasteiger partial charge in [0.15, 0.2) is 0 Å². The predicted molar refractivity (Wildman–Crippen MR) is 114 cm³/mol. The monoisotopic (exact) mass is 414 g/mol. The Bertz CT molecular complexity index is 1070. The molecule has 0 aliphatic heterocycles. The van der Waals surface area contributed by atoms with Crippen molar-refractivity contribution in [2.45, 2.75) is 37.5 Å². The summed E-state index contributed by atoms with van der Waals surface area (Å²) in [5, 5.41) is 4.47. The van der Waals surface area contributed by atoms with Gasteiger partial charge in [-0.05, 0) is 68.0 Å². The van der Waals surface area contributed by atoms with Crippen molar-refractivity contribution < 1.29 is 9.18 Å². The molecule has 1 aliphatic rings. The minimum absolute atomic E-state index is 0.156. The number of nitrogens with one attached hydrogen (secondary N) is 1. The molecular formula is C22H20ClFN2OS. The van der Waals surface area contributed by atoms with Crippen molar-refractivity contribution in [3.63, 3.8) is 0 Å². The largest absolute Gasteiger partial charge is 0.325 e. The molecule has 0 unspecified atom stereocenters. The molecule has 0 saturated heterocycles. The number of hydrogen-bond donors (Lipinski definition) is 1. The summed E-state index contributed by atoms with van der Waals surface area (Å²) in [4.78, 5) is 18.4. The van der Waals surface area contributed by atoms with E-state index in [9.17, 15) is 9.18 Å². The first-order valence-electron chi connectivity index (χ1n) is 9.31. The van der Waals surface area contributed by atoms with Crippen molar-refractivity contribution in [3.05, 3.63) is 64.1 Å². The number of halogens is 2. The van der Waals surface area contributed by atoms with E-state index in [1.54, 1.807) is 19.1 Å². The number of aryl methyl sites for hydroxylation is 2. The lowest BCUT2D eigenvalue weighted by Gasteiger charge is -2.20. The van der Waals surface area contributed by atoms with Crippen molar-refractivity contribution in [1.29, 1.82) is 0 Å². The minimum Gasteiger partial charge on any atom is -0.325 e. The van der Waals surface area contributed by atoms with Crippen LogP contribution in [0.25, 0.3) is 10.9 Å². The second kappa shape index (κ2) is 8.10. The number of thioether (sulfide) groups is 1.